The van der Waals surface area contributed by atoms with Gasteiger partial charge in [-0.2, -0.15) is 0 Å². The van der Waals surface area contributed by atoms with Crippen LogP contribution in [-0.4, -0.2) is 48.3 Å². The normalized spacial score (nSPS) is 11.9. The number of hydrogen-bond donors (Lipinski definition) is 1. The lowest BCUT2D eigenvalue weighted by Gasteiger charge is -2.19. The first kappa shape index (κ1) is 22.8. The van der Waals surface area contributed by atoms with Crippen LogP contribution in [0.25, 0.3) is 5.69 Å². The fourth-order valence-corrected chi connectivity index (χ4v) is 4.07. The number of sulfonamides is 1. The second kappa shape index (κ2) is 8.32. The molecule has 164 valence electrons. The van der Waals surface area contributed by atoms with E-state index in [0.717, 1.165) is 5.56 Å². The van der Waals surface area contributed by atoms with E-state index in [1.54, 1.807) is 50.5 Å². The number of aromatic nitrogens is 3. The van der Waals surface area contributed by atoms with Crippen molar-refractivity contribution in [1.82, 2.24) is 19.9 Å². The Morgan fingerprint density at radius 3 is 2.32 bits per heavy atom. The van der Waals surface area contributed by atoms with E-state index in [9.17, 15) is 13.2 Å². The van der Waals surface area contributed by atoms with E-state index in [1.807, 2.05) is 0 Å². The fraction of sp³-hybridized carbons (Fsp3) is 0.286. The number of hydrogen-bond acceptors (Lipinski definition) is 5. The highest BCUT2D eigenvalue weighted by atomic mass is 35.5. The van der Waals surface area contributed by atoms with Gasteiger partial charge in [0.25, 0.3) is 15.9 Å². The van der Waals surface area contributed by atoms with Crippen molar-refractivity contribution in [3.63, 3.8) is 0 Å². The Morgan fingerprint density at radius 1 is 1.10 bits per heavy atom. The summed E-state index contributed by atoms with van der Waals surface area (Å²) in [6.45, 7) is 6.17. The number of amides is 1. The van der Waals surface area contributed by atoms with Crippen LogP contribution in [0.5, 0.6) is 0 Å². The SMILES string of the molecule is CN(C)C(=O)c1cn(-c2cc(Cl)ccc2NS(=O)(=O)c2ccc(C(C)(C)C)cc2)nn1. The molecule has 1 aromatic heterocycles. The predicted octanol–water partition coefficient (Wildman–Crippen LogP) is 3.72. The minimum absolute atomic E-state index is 0.0894. The summed E-state index contributed by atoms with van der Waals surface area (Å²) in [5, 5.41) is 8.21. The van der Waals surface area contributed by atoms with E-state index >= 15 is 0 Å². The Labute approximate surface area is 186 Å². The third-order valence-corrected chi connectivity index (χ3v) is 6.22. The number of carbonyl (C=O) groups is 1. The Morgan fingerprint density at radius 2 is 1.74 bits per heavy atom. The highest BCUT2D eigenvalue weighted by molar-refractivity contribution is 7.92. The first-order valence-electron chi connectivity index (χ1n) is 9.46. The van der Waals surface area contributed by atoms with E-state index in [0.29, 0.717) is 10.7 Å². The van der Waals surface area contributed by atoms with Crippen molar-refractivity contribution in [2.45, 2.75) is 31.1 Å². The third-order valence-electron chi connectivity index (χ3n) is 4.60. The van der Waals surface area contributed by atoms with Crippen LogP contribution in [-0.2, 0) is 15.4 Å². The number of nitrogens with one attached hydrogen (secondary N) is 1. The quantitative estimate of drug-likeness (QED) is 0.624. The van der Waals surface area contributed by atoms with Gasteiger partial charge in [-0.05, 0) is 41.3 Å². The van der Waals surface area contributed by atoms with Gasteiger partial charge >= 0.3 is 0 Å². The molecular weight excluding hydrogens is 438 g/mol. The fourth-order valence-electron chi connectivity index (χ4n) is 2.83. The molecule has 1 heterocycles. The second-order valence-corrected chi connectivity index (χ2v) is 10.4. The molecule has 0 radical (unpaired) electrons. The van der Waals surface area contributed by atoms with Crippen molar-refractivity contribution in [2.24, 2.45) is 0 Å². The van der Waals surface area contributed by atoms with Crippen LogP contribution in [0.15, 0.2) is 53.6 Å². The van der Waals surface area contributed by atoms with Crippen LogP contribution in [0.1, 0.15) is 36.8 Å². The van der Waals surface area contributed by atoms with E-state index < -0.39 is 10.0 Å². The summed E-state index contributed by atoms with van der Waals surface area (Å²) in [7, 11) is -0.667. The molecule has 0 unspecified atom stereocenters. The maximum absolute atomic E-state index is 13.0. The van der Waals surface area contributed by atoms with Gasteiger partial charge in [0.1, 0.15) is 0 Å². The molecule has 10 heteroatoms. The Hall–Kier alpha value is -2.91. The molecule has 1 N–H and O–H groups in total. The topological polar surface area (TPSA) is 97.2 Å². The van der Waals surface area contributed by atoms with Gasteiger partial charge in [-0.15, -0.1) is 5.10 Å². The predicted molar refractivity (Wildman–Crippen MR) is 120 cm³/mol. The molecule has 3 aromatic rings. The molecule has 3 rings (SSSR count). The second-order valence-electron chi connectivity index (χ2n) is 8.29. The van der Waals surface area contributed by atoms with Crippen molar-refractivity contribution in [3.8, 4) is 5.69 Å². The van der Waals surface area contributed by atoms with Crippen LogP contribution in [0.4, 0.5) is 5.69 Å². The van der Waals surface area contributed by atoms with Crippen LogP contribution in [0.3, 0.4) is 0 Å². The molecule has 0 fully saturated rings. The first-order chi connectivity index (χ1) is 14.4. The molecule has 0 saturated heterocycles. The van der Waals surface area contributed by atoms with Crippen molar-refractivity contribution in [2.75, 3.05) is 18.8 Å². The molecule has 8 nitrogen and oxygen atoms in total. The summed E-state index contributed by atoms with van der Waals surface area (Å²) in [6.07, 6.45) is 1.42. The van der Waals surface area contributed by atoms with Gasteiger partial charge in [-0.3, -0.25) is 9.52 Å². The molecule has 1 amide bonds. The molecule has 0 atom stereocenters. The number of halogens is 1. The molecule has 0 saturated carbocycles. The average molecular weight is 462 g/mol. The minimum atomic E-state index is -3.87. The maximum Gasteiger partial charge on any atom is 0.275 e. The van der Waals surface area contributed by atoms with Crippen molar-refractivity contribution in [1.29, 1.82) is 0 Å². The zero-order valence-electron chi connectivity index (χ0n) is 17.9. The van der Waals surface area contributed by atoms with Gasteiger partial charge in [0.15, 0.2) is 5.69 Å². The number of rotatable bonds is 5. The van der Waals surface area contributed by atoms with E-state index in [1.165, 1.54) is 21.8 Å². The van der Waals surface area contributed by atoms with Crippen molar-refractivity contribution < 1.29 is 13.2 Å². The van der Waals surface area contributed by atoms with Gasteiger partial charge in [0.05, 0.1) is 22.5 Å². The van der Waals surface area contributed by atoms with E-state index in [2.05, 4.69) is 35.8 Å². The van der Waals surface area contributed by atoms with Crippen molar-refractivity contribution in [3.05, 3.63) is 64.9 Å². The molecule has 0 aliphatic rings. The lowest BCUT2D eigenvalue weighted by Crippen LogP contribution is -2.22. The summed E-state index contributed by atoms with van der Waals surface area (Å²) in [6, 6.07) is 11.4. The largest absolute Gasteiger partial charge is 0.343 e. The van der Waals surface area contributed by atoms with Crippen molar-refractivity contribution >= 4 is 33.2 Å². The smallest absolute Gasteiger partial charge is 0.275 e. The summed E-state index contributed by atoms with van der Waals surface area (Å²) in [4.78, 5) is 13.6. The molecule has 2 aromatic carbocycles. The number of anilines is 1. The molecule has 0 spiro atoms. The van der Waals surface area contributed by atoms with Crippen LogP contribution < -0.4 is 4.72 Å². The molecular formula is C21H24ClN5O3S. The van der Waals surface area contributed by atoms with Gasteiger partial charge in [-0.1, -0.05) is 49.7 Å². The lowest BCUT2D eigenvalue weighted by molar-refractivity contribution is 0.0822. The average Bonchev–Trinajstić information content (AvgIpc) is 3.18. The molecule has 0 aliphatic heterocycles. The molecule has 0 bridgehead atoms. The zero-order chi connectivity index (χ0) is 23.0. The third kappa shape index (κ3) is 5.05. The highest BCUT2D eigenvalue weighted by Crippen LogP contribution is 2.28. The monoisotopic (exact) mass is 461 g/mol. The maximum atomic E-state index is 13.0. The summed E-state index contributed by atoms with van der Waals surface area (Å²) < 4.78 is 29.9. The number of benzene rings is 2. The Kier molecular flexibility index (Phi) is 6.11. The molecule has 31 heavy (non-hydrogen) atoms. The summed E-state index contributed by atoms with van der Waals surface area (Å²) in [5.74, 6) is -0.325. The number of carbonyl (C=O) groups excluding carboxylic acids is 1. The van der Waals surface area contributed by atoms with Crippen LogP contribution >= 0.6 is 11.6 Å². The van der Waals surface area contributed by atoms with Gasteiger partial charge in [0, 0.05) is 19.1 Å². The summed E-state index contributed by atoms with van der Waals surface area (Å²) >= 11 is 6.12. The van der Waals surface area contributed by atoms with E-state index in [4.69, 9.17) is 11.6 Å². The van der Waals surface area contributed by atoms with Gasteiger partial charge in [-0.25, -0.2) is 13.1 Å². The lowest BCUT2D eigenvalue weighted by atomic mass is 9.87. The Bertz CT molecular complexity index is 1210. The highest BCUT2D eigenvalue weighted by Gasteiger charge is 2.21. The van der Waals surface area contributed by atoms with Gasteiger partial charge < -0.3 is 4.90 Å². The first-order valence-corrected chi connectivity index (χ1v) is 11.3. The number of nitrogens with zero attached hydrogens (tertiary/aromatic N) is 4. The van der Waals surface area contributed by atoms with Crippen LogP contribution in [0, 0.1) is 0 Å². The molecule has 0 aliphatic carbocycles. The van der Waals surface area contributed by atoms with Gasteiger partial charge in [0.2, 0.25) is 0 Å². The van der Waals surface area contributed by atoms with Crippen LogP contribution in [0.2, 0.25) is 5.02 Å². The van der Waals surface area contributed by atoms with E-state index in [-0.39, 0.29) is 27.6 Å². The summed E-state index contributed by atoms with van der Waals surface area (Å²) in [5.41, 5.74) is 1.65. The zero-order valence-corrected chi connectivity index (χ0v) is 19.5. The minimum Gasteiger partial charge on any atom is -0.343 e. The standard InChI is InChI=1S/C21H24ClN5O3S/c1-21(2,3)14-6-9-16(10-7-14)31(29,30)24-17-11-8-15(22)12-19(17)27-13-18(23-25-27)20(28)26(4)5/h6-13,24H,1-5H3. The Balaban J connectivity index is 1.96.